The molecule has 5 rings (SSSR count). The van der Waals surface area contributed by atoms with E-state index in [0.717, 1.165) is 43.4 Å². The second-order valence-electron chi connectivity index (χ2n) is 10.00. The Kier molecular flexibility index (Phi) is 6.55. The van der Waals surface area contributed by atoms with Gasteiger partial charge in [0.2, 0.25) is 17.6 Å². The molecular formula is C25H34N6O2S. The van der Waals surface area contributed by atoms with Crippen LogP contribution in [0, 0.1) is 5.92 Å². The van der Waals surface area contributed by atoms with Gasteiger partial charge in [-0.2, -0.15) is 0 Å². The van der Waals surface area contributed by atoms with Gasteiger partial charge in [-0.1, -0.05) is 30.8 Å². The van der Waals surface area contributed by atoms with Gasteiger partial charge in [0.15, 0.2) is 5.16 Å². The van der Waals surface area contributed by atoms with E-state index < -0.39 is 0 Å². The Morgan fingerprint density at radius 1 is 0.971 bits per heavy atom. The number of imidazole rings is 1. The van der Waals surface area contributed by atoms with Gasteiger partial charge in [0, 0.05) is 25.2 Å². The normalized spacial score (nSPS) is 23.7. The Hall–Kier alpha value is -2.55. The molecule has 4 heterocycles. The SMILES string of the molecule is C[C@@H]1CCCN(C(=O)CSc2nnc3n(CC(=O)N4[C@@H](C)CCC[C@@H]4C)c4ccccc4n23)C1. The van der Waals surface area contributed by atoms with Crippen LogP contribution < -0.4 is 0 Å². The van der Waals surface area contributed by atoms with Crippen molar-refractivity contribution in [3.63, 3.8) is 0 Å². The highest BCUT2D eigenvalue weighted by Gasteiger charge is 2.30. The predicted molar refractivity (Wildman–Crippen MR) is 134 cm³/mol. The van der Waals surface area contributed by atoms with E-state index in [1.807, 2.05) is 43.0 Å². The second kappa shape index (κ2) is 9.60. The maximum atomic E-state index is 13.4. The number of likely N-dealkylation sites (tertiary alicyclic amines) is 2. The van der Waals surface area contributed by atoms with Gasteiger partial charge in [-0.25, -0.2) is 0 Å². The molecule has 0 unspecified atom stereocenters. The fourth-order valence-corrected chi connectivity index (χ4v) is 6.49. The van der Waals surface area contributed by atoms with Crippen LogP contribution in [0.15, 0.2) is 29.4 Å². The molecule has 2 amide bonds. The number of piperidine rings is 2. The molecule has 2 aliphatic heterocycles. The van der Waals surface area contributed by atoms with Crippen molar-refractivity contribution in [2.45, 2.75) is 76.7 Å². The number of aromatic nitrogens is 4. The Labute approximate surface area is 204 Å². The number of carbonyl (C=O) groups excluding carboxylic acids is 2. The van der Waals surface area contributed by atoms with Crippen LogP contribution in [0.4, 0.5) is 0 Å². The van der Waals surface area contributed by atoms with Crippen LogP contribution in [0.3, 0.4) is 0 Å². The molecule has 34 heavy (non-hydrogen) atoms. The van der Waals surface area contributed by atoms with E-state index in [1.165, 1.54) is 24.6 Å². The summed E-state index contributed by atoms with van der Waals surface area (Å²) in [5.74, 6) is 1.82. The molecule has 8 nitrogen and oxygen atoms in total. The van der Waals surface area contributed by atoms with Crippen molar-refractivity contribution >= 4 is 40.4 Å². The van der Waals surface area contributed by atoms with Crippen LogP contribution in [0.1, 0.15) is 52.9 Å². The predicted octanol–water partition coefficient (Wildman–Crippen LogP) is 3.82. The molecule has 9 heteroatoms. The van der Waals surface area contributed by atoms with Crippen molar-refractivity contribution < 1.29 is 9.59 Å². The number of hydrogen-bond donors (Lipinski definition) is 0. The highest BCUT2D eigenvalue weighted by Crippen LogP contribution is 2.28. The van der Waals surface area contributed by atoms with Gasteiger partial charge in [0.05, 0.1) is 16.8 Å². The van der Waals surface area contributed by atoms with Crippen molar-refractivity contribution in [3.8, 4) is 0 Å². The zero-order valence-electron chi connectivity index (χ0n) is 20.3. The van der Waals surface area contributed by atoms with E-state index in [2.05, 4.69) is 31.0 Å². The Bertz CT molecular complexity index is 1190. The summed E-state index contributed by atoms with van der Waals surface area (Å²) in [7, 11) is 0. The van der Waals surface area contributed by atoms with Gasteiger partial charge in [0.1, 0.15) is 6.54 Å². The molecule has 0 aliphatic carbocycles. The summed E-state index contributed by atoms with van der Waals surface area (Å²) >= 11 is 1.42. The van der Waals surface area contributed by atoms with Crippen molar-refractivity contribution in [2.75, 3.05) is 18.8 Å². The van der Waals surface area contributed by atoms with E-state index in [4.69, 9.17) is 0 Å². The Morgan fingerprint density at radius 2 is 1.71 bits per heavy atom. The number of benzene rings is 1. The van der Waals surface area contributed by atoms with Crippen LogP contribution in [0.2, 0.25) is 0 Å². The third kappa shape index (κ3) is 4.30. The van der Waals surface area contributed by atoms with Gasteiger partial charge >= 0.3 is 0 Å². The third-order valence-corrected chi connectivity index (χ3v) is 8.29. The average Bonchev–Trinajstić information content (AvgIpc) is 3.37. The lowest BCUT2D eigenvalue weighted by Crippen LogP contribution is -2.48. The number of rotatable bonds is 5. The molecule has 0 saturated carbocycles. The molecule has 0 N–H and O–H groups in total. The number of amides is 2. The minimum absolute atomic E-state index is 0.120. The number of fused-ring (bicyclic) bond motifs is 3. The van der Waals surface area contributed by atoms with Gasteiger partial charge in [-0.15, -0.1) is 10.2 Å². The molecule has 2 fully saturated rings. The summed E-state index contributed by atoms with van der Waals surface area (Å²) in [6, 6.07) is 8.52. The minimum Gasteiger partial charge on any atom is -0.342 e. The average molecular weight is 483 g/mol. The molecule has 0 spiro atoms. The molecular weight excluding hydrogens is 448 g/mol. The summed E-state index contributed by atoms with van der Waals surface area (Å²) in [5, 5.41) is 9.55. The fourth-order valence-electron chi connectivity index (χ4n) is 5.65. The smallest absolute Gasteiger partial charge is 0.243 e. The van der Waals surface area contributed by atoms with Crippen LogP contribution in [-0.4, -0.2) is 71.7 Å². The first-order chi connectivity index (χ1) is 16.4. The lowest BCUT2D eigenvalue weighted by atomic mass is 9.97. The zero-order chi connectivity index (χ0) is 23.8. The number of nitrogens with zero attached hydrogens (tertiary/aromatic N) is 6. The summed E-state index contributed by atoms with van der Waals surface area (Å²) in [6.45, 7) is 8.40. The first kappa shape index (κ1) is 23.2. The molecule has 182 valence electrons. The first-order valence-corrected chi connectivity index (χ1v) is 13.5. The van der Waals surface area contributed by atoms with Crippen LogP contribution in [-0.2, 0) is 16.1 Å². The Balaban J connectivity index is 1.40. The van der Waals surface area contributed by atoms with Crippen LogP contribution in [0.5, 0.6) is 0 Å². The number of hydrogen-bond acceptors (Lipinski definition) is 5. The molecule has 0 radical (unpaired) electrons. The van der Waals surface area contributed by atoms with E-state index in [1.54, 1.807) is 0 Å². The number of carbonyl (C=O) groups is 2. The van der Waals surface area contributed by atoms with Gasteiger partial charge < -0.3 is 9.80 Å². The lowest BCUT2D eigenvalue weighted by molar-refractivity contribution is -0.137. The van der Waals surface area contributed by atoms with Gasteiger partial charge in [0.25, 0.3) is 0 Å². The quantitative estimate of drug-likeness (QED) is 0.517. The van der Waals surface area contributed by atoms with E-state index >= 15 is 0 Å². The highest BCUT2D eigenvalue weighted by molar-refractivity contribution is 7.99. The molecule has 0 bridgehead atoms. The molecule has 3 atom stereocenters. The van der Waals surface area contributed by atoms with Crippen molar-refractivity contribution in [3.05, 3.63) is 24.3 Å². The maximum Gasteiger partial charge on any atom is 0.243 e. The molecule has 3 aromatic rings. The van der Waals surface area contributed by atoms with Gasteiger partial charge in [-0.05, 0) is 64.0 Å². The zero-order valence-corrected chi connectivity index (χ0v) is 21.1. The Morgan fingerprint density at radius 3 is 2.44 bits per heavy atom. The molecule has 2 aromatic heterocycles. The summed E-state index contributed by atoms with van der Waals surface area (Å²) in [5.41, 5.74) is 1.91. The summed E-state index contributed by atoms with van der Waals surface area (Å²) in [6.07, 6.45) is 5.53. The van der Waals surface area contributed by atoms with E-state index in [-0.39, 0.29) is 30.4 Å². The molecule has 2 saturated heterocycles. The largest absolute Gasteiger partial charge is 0.342 e. The van der Waals surface area contributed by atoms with Crippen molar-refractivity contribution in [1.82, 2.24) is 29.0 Å². The number of para-hydroxylation sites is 2. The molecule has 2 aliphatic rings. The summed E-state index contributed by atoms with van der Waals surface area (Å²) < 4.78 is 3.96. The molecule has 1 aromatic carbocycles. The monoisotopic (exact) mass is 482 g/mol. The third-order valence-electron chi connectivity index (χ3n) is 7.38. The first-order valence-electron chi connectivity index (χ1n) is 12.5. The van der Waals surface area contributed by atoms with Crippen molar-refractivity contribution in [2.24, 2.45) is 5.92 Å². The second-order valence-corrected chi connectivity index (χ2v) is 10.9. The van der Waals surface area contributed by atoms with Gasteiger partial charge in [-0.3, -0.25) is 18.6 Å². The summed E-state index contributed by atoms with van der Waals surface area (Å²) in [4.78, 5) is 30.2. The van der Waals surface area contributed by atoms with Crippen molar-refractivity contribution in [1.29, 1.82) is 0 Å². The minimum atomic E-state index is 0.120. The lowest BCUT2D eigenvalue weighted by Gasteiger charge is -2.39. The number of thioether (sulfide) groups is 1. The van der Waals surface area contributed by atoms with Crippen LogP contribution >= 0.6 is 11.8 Å². The standard InChI is InChI=1S/C25H34N6O2S/c1-17-8-7-13-28(14-17)23(33)16-34-25-27-26-24-29(20-11-4-5-12-21(20)31(24)25)15-22(32)30-18(2)9-6-10-19(30)3/h4-5,11-12,17-19H,6-10,13-16H2,1-3H3/t17-,18+,19+/m1/s1. The maximum absolute atomic E-state index is 13.4. The topological polar surface area (TPSA) is 75.7 Å². The van der Waals surface area contributed by atoms with E-state index in [9.17, 15) is 9.59 Å². The van der Waals surface area contributed by atoms with Crippen LogP contribution in [0.25, 0.3) is 16.8 Å². The fraction of sp³-hybridized carbons (Fsp3) is 0.600. The van der Waals surface area contributed by atoms with E-state index in [0.29, 0.717) is 22.6 Å². The highest BCUT2D eigenvalue weighted by atomic mass is 32.2.